The quantitative estimate of drug-likeness (QED) is 0.503. The minimum Gasteiger partial charge on any atom is -0.500 e. The van der Waals surface area contributed by atoms with Gasteiger partial charge in [0.05, 0.1) is 0 Å². The van der Waals surface area contributed by atoms with Crippen LogP contribution in [0.3, 0.4) is 0 Å². The van der Waals surface area contributed by atoms with E-state index in [0.717, 1.165) is 0 Å². The second-order valence-corrected chi connectivity index (χ2v) is 3.15. The molecule has 5 N–H and O–H groups in total. The van der Waals surface area contributed by atoms with Gasteiger partial charge in [0, 0.05) is 5.92 Å². The number of nitrogens with zero attached hydrogens (tertiary/aromatic N) is 1. The summed E-state index contributed by atoms with van der Waals surface area (Å²) >= 11 is 0. The van der Waals surface area contributed by atoms with Crippen molar-refractivity contribution in [3.63, 3.8) is 0 Å². The minimum atomic E-state index is -0.856. The van der Waals surface area contributed by atoms with Gasteiger partial charge >= 0.3 is 0 Å². The molecule has 0 aromatic heterocycles. The summed E-state index contributed by atoms with van der Waals surface area (Å²) in [4.78, 5) is 3.59. The molecule has 94 valence electrons. The Morgan fingerprint density at radius 2 is 1.50 bits per heavy atom. The molecule has 1 aliphatic heterocycles. The number of amidine groups is 1. The van der Waals surface area contributed by atoms with Crippen molar-refractivity contribution in [2.45, 2.75) is 13.8 Å². The molecule has 0 aromatic rings. The number of hydrogen-bond donors (Lipinski definition) is 5. The van der Waals surface area contributed by atoms with Crippen molar-refractivity contribution >= 4 is 30.6 Å². The molecule has 0 atom stereocenters. The second kappa shape index (κ2) is 6.34. The molecule has 0 spiro atoms. The summed E-state index contributed by atoms with van der Waals surface area (Å²) in [6.07, 6.45) is 0. The largest absolute Gasteiger partial charge is 0.500 e. The first kappa shape index (κ1) is 17.1. The molecule has 0 saturated heterocycles. The summed E-state index contributed by atoms with van der Waals surface area (Å²) in [6.45, 7) is 3.54. The topological polar surface area (TPSA) is 105 Å². The van der Waals surface area contributed by atoms with Crippen LogP contribution in [0.15, 0.2) is 28.3 Å². The number of halogens is 2. The highest BCUT2D eigenvalue weighted by atomic mass is 35.5. The lowest BCUT2D eigenvalue weighted by atomic mass is 10.2. The molecule has 0 aromatic carbocycles. The standard InChI is InChI=1S/C8H12N2O4.2ClH/c1-3(2)6-9-7(13)4(11)5(12)8(14)10-6;;/h3,11-14H,1-2H3,(H,9,10);2*1H. The predicted octanol–water partition coefficient (Wildman–Crippen LogP) is 2.06. The van der Waals surface area contributed by atoms with E-state index in [1.165, 1.54) is 0 Å². The molecule has 6 nitrogen and oxygen atoms in total. The molecule has 1 rings (SSSR count). The van der Waals surface area contributed by atoms with Crippen molar-refractivity contribution in [1.82, 2.24) is 5.32 Å². The van der Waals surface area contributed by atoms with Crippen molar-refractivity contribution in [2.24, 2.45) is 10.9 Å². The van der Waals surface area contributed by atoms with Crippen LogP contribution in [-0.4, -0.2) is 26.3 Å². The normalized spacial score (nSPS) is 15.8. The Bertz CT molecular complexity index is 350. The summed E-state index contributed by atoms with van der Waals surface area (Å²) in [5.74, 6) is -2.91. The monoisotopic (exact) mass is 272 g/mol. The Morgan fingerprint density at radius 3 is 1.94 bits per heavy atom. The number of aliphatic hydroxyl groups is 4. The van der Waals surface area contributed by atoms with Gasteiger partial charge in [0.1, 0.15) is 5.84 Å². The lowest BCUT2D eigenvalue weighted by Gasteiger charge is -2.09. The van der Waals surface area contributed by atoms with Crippen LogP contribution in [0, 0.1) is 5.92 Å². The van der Waals surface area contributed by atoms with Crippen LogP contribution in [0.5, 0.6) is 0 Å². The van der Waals surface area contributed by atoms with Gasteiger partial charge in [-0.25, -0.2) is 0 Å². The fourth-order valence-electron chi connectivity index (χ4n) is 0.867. The van der Waals surface area contributed by atoms with E-state index < -0.39 is 23.3 Å². The molecule has 0 bridgehead atoms. The van der Waals surface area contributed by atoms with Crippen molar-refractivity contribution < 1.29 is 20.4 Å². The summed E-state index contributed by atoms with van der Waals surface area (Å²) in [5, 5.41) is 39.0. The van der Waals surface area contributed by atoms with Crippen LogP contribution in [-0.2, 0) is 0 Å². The lowest BCUT2D eigenvalue weighted by Crippen LogP contribution is -2.27. The van der Waals surface area contributed by atoms with Gasteiger partial charge in [-0.3, -0.25) is 0 Å². The van der Waals surface area contributed by atoms with E-state index in [2.05, 4.69) is 10.3 Å². The van der Waals surface area contributed by atoms with Gasteiger partial charge in [0.2, 0.25) is 17.4 Å². The Balaban J connectivity index is 0. The molecule has 0 radical (unpaired) electrons. The average Bonchev–Trinajstić information content (AvgIpc) is 2.20. The first-order valence-electron chi connectivity index (χ1n) is 4.04. The van der Waals surface area contributed by atoms with Crippen LogP contribution in [0.4, 0.5) is 0 Å². The van der Waals surface area contributed by atoms with Gasteiger partial charge < -0.3 is 25.7 Å². The number of aliphatic imine (C=N–C) groups is 1. The fourth-order valence-corrected chi connectivity index (χ4v) is 0.867. The van der Waals surface area contributed by atoms with Crippen LogP contribution < -0.4 is 5.32 Å². The summed E-state index contributed by atoms with van der Waals surface area (Å²) in [5.41, 5.74) is 0. The maximum Gasteiger partial charge on any atom is 0.260 e. The maximum atomic E-state index is 9.20. The predicted molar refractivity (Wildman–Crippen MR) is 64.5 cm³/mol. The zero-order valence-electron chi connectivity index (χ0n) is 8.63. The Morgan fingerprint density at radius 1 is 1.00 bits per heavy atom. The van der Waals surface area contributed by atoms with Gasteiger partial charge in [0.25, 0.3) is 5.88 Å². The zero-order chi connectivity index (χ0) is 10.9. The first-order chi connectivity index (χ1) is 6.43. The molecular weight excluding hydrogens is 259 g/mol. The SMILES string of the molecule is CC(C)C1=NC(O)=C(O)C(O)=C(O)N1.Cl.Cl. The molecule has 0 fully saturated rings. The molecule has 0 aliphatic carbocycles. The number of hydrogen-bond acceptors (Lipinski definition) is 6. The van der Waals surface area contributed by atoms with E-state index in [0.29, 0.717) is 0 Å². The van der Waals surface area contributed by atoms with Crippen molar-refractivity contribution in [3.05, 3.63) is 23.3 Å². The molecule has 1 aliphatic rings. The molecule has 0 unspecified atom stereocenters. The Labute approximate surface area is 105 Å². The highest BCUT2D eigenvalue weighted by Gasteiger charge is 2.21. The summed E-state index contributed by atoms with van der Waals surface area (Å²) in [6, 6.07) is 0. The van der Waals surface area contributed by atoms with Gasteiger partial charge in [-0.05, 0) is 0 Å². The third-order valence-corrected chi connectivity index (χ3v) is 1.68. The molecule has 8 heteroatoms. The average molecular weight is 273 g/mol. The lowest BCUT2D eigenvalue weighted by molar-refractivity contribution is 0.255. The van der Waals surface area contributed by atoms with Crippen molar-refractivity contribution in [3.8, 4) is 0 Å². The second-order valence-electron chi connectivity index (χ2n) is 3.15. The van der Waals surface area contributed by atoms with E-state index in [1.807, 2.05) is 0 Å². The third kappa shape index (κ3) is 3.39. The Kier molecular flexibility index (Phi) is 6.79. The van der Waals surface area contributed by atoms with Gasteiger partial charge in [-0.15, -0.1) is 24.8 Å². The third-order valence-electron chi connectivity index (χ3n) is 1.68. The smallest absolute Gasteiger partial charge is 0.260 e. The summed E-state index contributed by atoms with van der Waals surface area (Å²) in [7, 11) is 0. The highest BCUT2D eigenvalue weighted by molar-refractivity contribution is 5.86. The van der Waals surface area contributed by atoms with Crippen LogP contribution in [0.2, 0.25) is 0 Å². The van der Waals surface area contributed by atoms with Gasteiger partial charge in [-0.2, -0.15) is 4.99 Å². The van der Waals surface area contributed by atoms with E-state index in [-0.39, 0.29) is 36.6 Å². The number of aliphatic hydroxyl groups excluding tert-OH is 4. The molecule has 0 saturated carbocycles. The van der Waals surface area contributed by atoms with Crippen LogP contribution >= 0.6 is 24.8 Å². The molecule has 0 amide bonds. The summed E-state index contributed by atoms with van der Waals surface area (Å²) < 4.78 is 0. The molecular formula is C8H14Cl2N2O4. The zero-order valence-corrected chi connectivity index (χ0v) is 10.3. The van der Waals surface area contributed by atoms with E-state index in [9.17, 15) is 5.11 Å². The molecule has 1 heterocycles. The van der Waals surface area contributed by atoms with Crippen LogP contribution in [0.1, 0.15) is 13.8 Å². The Hall–Kier alpha value is -1.27. The first-order valence-corrected chi connectivity index (χ1v) is 4.04. The van der Waals surface area contributed by atoms with Gasteiger partial charge in [0.15, 0.2) is 0 Å². The van der Waals surface area contributed by atoms with E-state index in [4.69, 9.17) is 15.3 Å². The van der Waals surface area contributed by atoms with E-state index in [1.54, 1.807) is 13.8 Å². The highest BCUT2D eigenvalue weighted by Crippen LogP contribution is 2.15. The minimum absolute atomic E-state index is 0. The number of rotatable bonds is 1. The van der Waals surface area contributed by atoms with Gasteiger partial charge in [-0.1, -0.05) is 13.8 Å². The van der Waals surface area contributed by atoms with Crippen molar-refractivity contribution in [2.75, 3.05) is 0 Å². The van der Waals surface area contributed by atoms with Crippen molar-refractivity contribution in [1.29, 1.82) is 0 Å². The van der Waals surface area contributed by atoms with E-state index >= 15 is 0 Å². The van der Waals surface area contributed by atoms with Crippen LogP contribution in [0.25, 0.3) is 0 Å². The molecule has 16 heavy (non-hydrogen) atoms. The maximum absolute atomic E-state index is 9.20. The fraction of sp³-hybridized carbons (Fsp3) is 0.375. The number of nitrogens with one attached hydrogen (secondary N) is 1.